The van der Waals surface area contributed by atoms with Gasteiger partial charge in [0.1, 0.15) is 26.4 Å². The Morgan fingerprint density at radius 3 is 1.63 bits per heavy atom. The van der Waals surface area contributed by atoms with E-state index < -0.39 is 44.1 Å². The van der Waals surface area contributed by atoms with Crippen LogP contribution in [-0.4, -0.2) is 76.8 Å². The van der Waals surface area contributed by atoms with Crippen molar-refractivity contribution in [3.05, 3.63) is 0 Å². The minimum Gasteiger partial charge on any atom is -0.582 e. The first-order chi connectivity index (χ1) is 13.3. The maximum Gasteiger partial charge on any atom is 0.843 e. The molecule has 0 amide bonds. The fourth-order valence-electron chi connectivity index (χ4n) is 1.99. The lowest BCUT2D eigenvalue weighted by Gasteiger charge is -2.37. The van der Waals surface area contributed by atoms with Crippen LogP contribution in [0.15, 0.2) is 0 Å². The van der Waals surface area contributed by atoms with E-state index in [0.717, 1.165) is 0 Å². The number of aliphatic hydroxyl groups excluding tert-OH is 1. The molecule has 2 fully saturated rings. The second-order valence-corrected chi connectivity index (χ2v) is 6.94. The fourth-order valence-corrected chi connectivity index (χ4v) is 1.99. The molecule has 30 heavy (non-hydrogen) atoms. The van der Waals surface area contributed by atoms with Gasteiger partial charge >= 0.3 is 25.5 Å². The van der Waals surface area contributed by atoms with E-state index in [-0.39, 0.29) is 19.8 Å². The highest BCUT2D eigenvalue weighted by atomic mass is 19.4. The van der Waals surface area contributed by atoms with Crippen LogP contribution in [0.2, 0.25) is 0 Å². The quantitative estimate of drug-likeness (QED) is 0.364. The lowest BCUT2D eigenvalue weighted by Crippen LogP contribution is -2.46. The zero-order chi connectivity index (χ0) is 23.9. The monoisotopic (exact) mass is 474 g/mol. The molecule has 0 saturated carbocycles. The standard InChI is InChI=1S/C8H11F5O2.C4H8BF3O.C2H3F3O/c1-6(2-14-3-6)4-15-5-7(9,10)8(11,12)13;6-5(7,8)9-3-1-2-4-9;3-2(4,5)1-6/h2-5H2,1H3;1-4H2;6H,1H2. The Kier molecular flexibility index (Phi) is 10.8. The Morgan fingerprint density at radius 1 is 0.967 bits per heavy atom. The lowest BCUT2D eigenvalue weighted by atomic mass is 9.90. The second kappa shape index (κ2) is 11.1. The summed E-state index contributed by atoms with van der Waals surface area (Å²) in [6, 6.07) is 0. The summed E-state index contributed by atoms with van der Waals surface area (Å²) in [5.74, 6) is -4.78. The van der Waals surface area contributed by atoms with Crippen molar-refractivity contribution in [3.8, 4) is 0 Å². The minimum atomic E-state index is -5.55. The molecular weight excluding hydrogens is 452 g/mol. The van der Waals surface area contributed by atoms with Crippen molar-refractivity contribution in [1.82, 2.24) is 0 Å². The largest absolute Gasteiger partial charge is 0.843 e. The molecular formula is C14H22BF11O4. The number of alkyl halides is 8. The maximum atomic E-state index is 12.3. The Morgan fingerprint density at radius 2 is 1.40 bits per heavy atom. The molecule has 2 rings (SSSR count). The number of rotatable bonds is 5. The molecule has 0 atom stereocenters. The normalized spacial score (nSPS) is 19.9. The van der Waals surface area contributed by atoms with Crippen LogP contribution >= 0.6 is 0 Å². The molecule has 0 aromatic heterocycles. The van der Waals surface area contributed by atoms with Gasteiger partial charge in [0, 0.05) is 18.3 Å². The second-order valence-electron chi connectivity index (χ2n) is 6.94. The van der Waals surface area contributed by atoms with Crippen LogP contribution in [0.1, 0.15) is 19.8 Å². The maximum absolute atomic E-state index is 12.3. The number of aliphatic hydroxyl groups is 1. The molecule has 4 nitrogen and oxygen atoms in total. The first-order valence-corrected chi connectivity index (χ1v) is 8.47. The predicted octanol–water partition coefficient (Wildman–Crippen LogP) is 4.45. The summed E-state index contributed by atoms with van der Waals surface area (Å²) in [6.07, 6.45) is -8.64. The van der Waals surface area contributed by atoms with Gasteiger partial charge in [0.05, 0.1) is 19.8 Å². The average molecular weight is 474 g/mol. The van der Waals surface area contributed by atoms with E-state index in [1.54, 1.807) is 6.92 Å². The van der Waals surface area contributed by atoms with Crippen molar-refractivity contribution >= 4 is 7.18 Å². The molecule has 2 heterocycles. The highest BCUT2D eigenvalue weighted by Crippen LogP contribution is 2.36. The summed E-state index contributed by atoms with van der Waals surface area (Å²) in [6.45, 7) is -0.915. The molecule has 1 N–H and O–H groups in total. The average Bonchev–Trinajstić information content (AvgIpc) is 3.07. The molecule has 0 radical (unpaired) electrons. The molecule has 16 heteroatoms. The van der Waals surface area contributed by atoms with E-state index in [1.807, 2.05) is 0 Å². The van der Waals surface area contributed by atoms with Gasteiger partial charge in [0.15, 0.2) is 0 Å². The molecule has 0 aromatic carbocycles. The summed E-state index contributed by atoms with van der Waals surface area (Å²) in [7, 11) is -4.76. The van der Waals surface area contributed by atoms with Crippen LogP contribution in [0.5, 0.6) is 0 Å². The summed E-state index contributed by atoms with van der Waals surface area (Å²) in [5, 5.41) is 7.28. The zero-order valence-electron chi connectivity index (χ0n) is 15.8. The Labute approximate surface area is 165 Å². The molecule has 0 unspecified atom stereocenters. The lowest BCUT2D eigenvalue weighted by molar-refractivity contribution is -0.300. The molecule has 2 saturated heterocycles. The van der Waals surface area contributed by atoms with Crippen molar-refractivity contribution in [2.45, 2.75) is 38.0 Å². The molecule has 0 spiro atoms. The van der Waals surface area contributed by atoms with Gasteiger partial charge in [-0.3, -0.25) is 0 Å². The van der Waals surface area contributed by atoms with Gasteiger partial charge in [0.25, 0.3) is 0 Å². The molecule has 0 aliphatic carbocycles. The first-order valence-electron chi connectivity index (χ1n) is 8.47. The SMILES string of the molecule is CC1(COCC(F)(F)C(F)(F)F)COC1.F[B-](F)(F)[O+]1CCCC1.OCC(F)(F)F. The summed E-state index contributed by atoms with van der Waals surface area (Å²) >= 11 is 0. The molecule has 2 aliphatic rings. The van der Waals surface area contributed by atoms with E-state index in [0.29, 0.717) is 26.1 Å². The highest BCUT2D eigenvalue weighted by Gasteiger charge is 2.57. The van der Waals surface area contributed by atoms with Crippen LogP contribution < -0.4 is 0 Å². The van der Waals surface area contributed by atoms with Gasteiger partial charge in [-0.15, -0.1) is 0 Å². The summed E-state index contributed by atoms with van der Waals surface area (Å²) in [4.78, 5) is 0. The van der Waals surface area contributed by atoms with E-state index in [9.17, 15) is 48.1 Å². The van der Waals surface area contributed by atoms with Crippen molar-refractivity contribution in [2.24, 2.45) is 5.41 Å². The Bertz CT molecular complexity index is 484. The van der Waals surface area contributed by atoms with Crippen LogP contribution in [0.4, 0.5) is 48.1 Å². The first kappa shape index (κ1) is 29.1. The van der Waals surface area contributed by atoms with Gasteiger partial charge < -0.3 is 31.8 Å². The van der Waals surface area contributed by atoms with E-state index in [1.165, 1.54) is 4.28 Å². The van der Waals surface area contributed by atoms with Crippen molar-refractivity contribution < 1.29 is 66.9 Å². The smallest absolute Gasteiger partial charge is 0.582 e. The third-order valence-corrected chi connectivity index (χ3v) is 3.67. The van der Waals surface area contributed by atoms with Gasteiger partial charge in [0.2, 0.25) is 0 Å². The number of hydrogen-bond acceptors (Lipinski definition) is 3. The fraction of sp³-hybridized carbons (Fsp3) is 1.00. The zero-order valence-corrected chi connectivity index (χ0v) is 15.8. The van der Waals surface area contributed by atoms with Crippen LogP contribution in [-0.2, 0) is 13.8 Å². The number of halogens is 11. The van der Waals surface area contributed by atoms with Gasteiger partial charge in [-0.05, 0) is 0 Å². The predicted molar refractivity (Wildman–Crippen MR) is 83.0 cm³/mol. The van der Waals surface area contributed by atoms with Gasteiger partial charge in [-0.2, -0.15) is 35.1 Å². The van der Waals surface area contributed by atoms with Crippen LogP contribution in [0, 0.1) is 5.41 Å². The summed E-state index contributed by atoms with van der Waals surface area (Å²) in [5.41, 5.74) is -0.429. The van der Waals surface area contributed by atoms with Gasteiger partial charge in [-0.1, -0.05) is 6.92 Å². The van der Waals surface area contributed by atoms with E-state index >= 15 is 0 Å². The Balaban J connectivity index is 0.000000475. The number of hydrogen-bond donors (Lipinski definition) is 1. The topological polar surface area (TPSA) is 41.4 Å². The molecule has 182 valence electrons. The molecule has 0 aromatic rings. The minimum absolute atomic E-state index is 0.128. The number of ether oxygens (including phenoxy) is 2. The molecule has 0 bridgehead atoms. The van der Waals surface area contributed by atoms with E-state index in [2.05, 4.69) is 4.74 Å². The third-order valence-electron chi connectivity index (χ3n) is 3.67. The van der Waals surface area contributed by atoms with Crippen molar-refractivity contribution in [1.29, 1.82) is 0 Å². The van der Waals surface area contributed by atoms with Gasteiger partial charge in [-0.25, -0.2) is 0 Å². The third kappa shape index (κ3) is 11.5. The summed E-state index contributed by atoms with van der Waals surface area (Å²) < 4.78 is 137. The van der Waals surface area contributed by atoms with Crippen LogP contribution in [0.3, 0.4) is 0 Å². The van der Waals surface area contributed by atoms with Crippen LogP contribution in [0.25, 0.3) is 0 Å². The molecule has 2 aliphatic heterocycles. The highest BCUT2D eigenvalue weighted by molar-refractivity contribution is 6.52. The Hall–Kier alpha value is -0.865. The van der Waals surface area contributed by atoms with E-state index in [4.69, 9.17) is 9.84 Å². The van der Waals surface area contributed by atoms with Crippen molar-refractivity contribution in [3.63, 3.8) is 0 Å². The van der Waals surface area contributed by atoms with Crippen molar-refractivity contribution in [2.75, 3.05) is 46.2 Å².